The molecule has 0 saturated heterocycles. The second-order valence-electron chi connectivity index (χ2n) is 6.45. The number of ether oxygens (including phenoxy) is 1. The molecule has 0 amide bonds. The molecular formula is C20H21Cl2N3OS. The first-order valence-electron chi connectivity index (χ1n) is 8.55. The zero-order valence-electron chi connectivity index (χ0n) is 15.7. The quantitative estimate of drug-likeness (QED) is 0.446. The van der Waals surface area contributed by atoms with Crippen LogP contribution in [0, 0.1) is 13.8 Å². The lowest BCUT2D eigenvalue weighted by molar-refractivity contribution is 0.211. The van der Waals surface area contributed by atoms with Crippen molar-refractivity contribution in [2.24, 2.45) is 7.05 Å². The fourth-order valence-electron chi connectivity index (χ4n) is 2.81. The third kappa shape index (κ3) is 4.78. The zero-order valence-corrected chi connectivity index (χ0v) is 18.0. The summed E-state index contributed by atoms with van der Waals surface area (Å²) in [6.07, 6.45) is -0.233. The zero-order chi connectivity index (χ0) is 19.6. The van der Waals surface area contributed by atoms with Crippen molar-refractivity contribution in [3.63, 3.8) is 0 Å². The Balaban J connectivity index is 1.70. The van der Waals surface area contributed by atoms with Crippen LogP contribution in [0.5, 0.6) is 5.75 Å². The van der Waals surface area contributed by atoms with E-state index in [0.717, 1.165) is 49.2 Å². The summed E-state index contributed by atoms with van der Waals surface area (Å²) in [6.45, 7) is 5.91. The van der Waals surface area contributed by atoms with Crippen molar-refractivity contribution < 1.29 is 4.74 Å². The van der Waals surface area contributed by atoms with Crippen LogP contribution in [0.2, 0.25) is 10.0 Å². The average molecular weight is 422 g/mol. The van der Waals surface area contributed by atoms with E-state index in [4.69, 9.17) is 27.9 Å². The molecule has 0 saturated carbocycles. The smallest absolute Gasteiger partial charge is 0.191 e. The van der Waals surface area contributed by atoms with Gasteiger partial charge in [-0.15, -0.1) is 10.2 Å². The molecular weight excluding hydrogens is 401 g/mol. The first-order chi connectivity index (χ1) is 12.8. The summed E-state index contributed by atoms with van der Waals surface area (Å²) in [6, 6.07) is 11.7. The van der Waals surface area contributed by atoms with E-state index in [1.165, 1.54) is 0 Å². The molecule has 0 radical (unpaired) electrons. The number of rotatable bonds is 6. The van der Waals surface area contributed by atoms with Gasteiger partial charge in [0, 0.05) is 22.8 Å². The molecule has 1 aromatic heterocycles. The van der Waals surface area contributed by atoms with Crippen molar-refractivity contribution in [1.82, 2.24) is 14.8 Å². The lowest BCUT2D eigenvalue weighted by Crippen LogP contribution is -2.10. The first-order valence-corrected chi connectivity index (χ1v) is 10.3. The number of nitrogens with zero attached hydrogens (tertiary/aromatic N) is 3. The Morgan fingerprint density at radius 1 is 1.11 bits per heavy atom. The summed E-state index contributed by atoms with van der Waals surface area (Å²) in [5.41, 5.74) is 3.14. The van der Waals surface area contributed by atoms with Crippen LogP contribution in [0.4, 0.5) is 0 Å². The predicted molar refractivity (Wildman–Crippen MR) is 112 cm³/mol. The Kier molecular flexibility index (Phi) is 6.35. The molecule has 0 aliphatic rings. The number of benzene rings is 2. The molecule has 7 heteroatoms. The SMILES string of the molecule is Cc1cc(OC(C)c2nnc(SCc3cccc(Cl)c3)n2C)cc(C)c1Cl. The van der Waals surface area contributed by atoms with Crippen LogP contribution in [-0.4, -0.2) is 14.8 Å². The van der Waals surface area contributed by atoms with Gasteiger partial charge in [-0.3, -0.25) is 0 Å². The topological polar surface area (TPSA) is 39.9 Å². The van der Waals surface area contributed by atoms with E-state index in [1.807, 2.05) is 68.8 Å². The van der Waals surface area contributed by atoms with E-state index in [-0.39, 0.29) is 6.10 Å². The molecule has 1 unspecified atom stereocenters. The minimum Gasteiger partial charge on any atom is -0.483 e. The van der Waals surface area contributed by atoms with Gasteiger partial charge < -0.3 is 9.30 Å². The Morgan fingerprint density at radius 3 is 2.48 bits per heavy atom. The number of aromatic nitrogens is 3. The minimum atomic E-state index is -0.233. The van der Waals surface area contributed by atoms with E-state index in [9.17, 15) is 0 Å². The second-order valence-corrected chi connectivity index (χ2v) is 8.21. The van der Waals surface area contributed by atoms with Crippen molar-refractivity contribution >= 4 is 35.0 Å². The monoisotopic (exact) mass is 421 g/mol. The summed E-state index contributed by atoms with van der Waals surface area (Å²) in [4.78, 5) is 0. The van der Waals surface area contributed by atoms with E-state index < -0.39 is 0 Å². The molecule has 0 bridgehead atoms. The number of halogens is 2. The van der Waals surface area contributed by atoms with Gasteiger partial charge in [0.15, 0.2) is 17.1 Å². The van der Waals surface area contributed by atoms with E-state index in [0.29, 0.717) is 0 Å². The Morgan fingerprint density at radius 2 is 1.81 bits per heavy atom. The molecule has 0 aliphatic heterocycles. The Hall–Kier alpha value is -1.69. The fraction of sp³-hybridized carbons (Fsp3) is 0.300. The Labute approximate surface area is 173 Å². The van der Waals surface area contributed by atoms with Crippen LogP contribution in [0.15, 0.2) is 41.6 Å². The van der Waals surface area contributed by atoms with Crippen LogP contribution in [0.25, 0.3) is 0 Å². The van der Waals surface area contributed by atoms with Gasteiger partial charge in [-0.05, 0) is 61.7 Å². The summed E-state index contributed by atoms with van der Waals surface area (Å²) in [5, 5.41) is 11.0. The summed E-state index contributed by atoms with van der Waals surface area (Å²) < 4.78 is 8.05. The summed E-state index contributed by atoms with van der Waals surface area (Å²) in [5.74, 6) is 2.32. The van der Waals surface area contributed by atoms with Crippen LogP contribution in [0.3, 0.4) is 0 Å². The van der Waals surface area contributed by atoms with Gasteiger partial charge in [0.25, 0.3) is 0 Å². The maximum absolute atomic E-state index is 6.23. The van der Waals surface area contributed by atoms with Crippen molar-refractivity contribution in [2.45, 2.75) is 37.8 Å². The number of hydrogen-bond acceptors (Lipinski definition) is 4. The molecule has 142 valence electrons. The molecule has 1 heterocycles. The van der Waals surface area contributed by atoms with Crippen molar-refractivity contribution in [3.8, 4) is 5.75 Å². The molecule has 4 nitrogen and oxygen atoms in total. The maximum atomic E-state index is 6.23. The van der Waals surface area contributed by atoms with E-state index in [2.05, 4.69) is 10.2 Å². The third-order valence-electron chi connectivity index (χ3n) is 4.21. The normalized spacial score (nSPS) is 12.2. The highest BCUT2D eigenvalue weighted by Gasteiger charge is 2.18. The number of thioether (sulfide) groups is 1. The standard InChI is InChI=1S/C20H21Cl2N3OS/c1-12-8-17(9-13(2)18(12)22)26-14(3)19-23-24-20(25(19)4)27-11-15-6-5-7-16(21)10-15/h5-10,14H,11H2,1-4H3. The van der Waals surface area contributed by atoms with Gasteiger partial charge in [-0.2, -0.15) is 0 Å². The molecule has 1 atom stereocenters. The van der Waals surface area contributed by atoms with Crippen molar-refractivity contribution in [3.05, 3.63) is 69.0 Å². The van der Waals surface area contributed by atoms with Crippen LogP contribution in [-0.2, 0) is 12.8 Å². The summed E-state index contributed by atoms with van der Waals surface area (Å²) in [7, 11) is 1.95. The van der Waals surface area contributed by atoms with Gasteiger partial charge in [0.2, 0.25) is 0 Å². The van der Waals surface area contributed by atoms with Crippen LogP contribution >= 0.6 is 35.0 Å². The van der Waals surface area contributed by atoms with Crippen molar-refractivity contribution in [1.29, 1.82) is 0 Å². The van der Waals surface area contributed by atoms with Crippen molar-refractivity contribution in [2.75, 3.05) is 0 Å². The minimum absolute atomic E-state index is 0.233. The highest BCUT2D eigenvalue weighted by atomic mass is 35.5. The van der Waals surface area contributed by atoms with Gasteiger partial charge in [-0.25, -0.2) is 0 Å². The Bertz CT molecular complexity index is 935. The fourth-order valence-corrected chi connectivity index (χ4v) is 3.99. The largest absolute Gasteiger partial charge is 0.483 e. The van der Waals surface area contributed by atoms with Gasteiger partial charge in [0.1, 0.15) is 5.75 Å². The molecule has 3 rings (SSSR count). The van der Waals surface area contributed by atoms with Crippen LogP contribution in [0.1, 0.15) is 35.5 Å². The maximum Gasteiger partial charge on any atom is 0.191 e. The molecule has 0 spiro atoms. The molecule has 27 heavy (non-hydrogen) atoms. The second kappa shape index (κ2) is 8.55. The van der Waals surface area contributed by atoms with Crippen LogP contribution < -0.4 is 4.74 Å². The third-order valence-corrected chi connectivity index (χ3v) is 6.13. The number of aryl methyl sites for hydroxylation is 2. The van der Waals surface area contributed by atoms with Gasteiger partial charge >= 0.3 is 0 Å². The predicted octanol–water partition coefficient (Wildman–Crippen LogP) is 6.17. The highest BCUT2D eigenvalue weighted by Crippen LogP contribution is 2.30. The first kappa shape index (κ1) is 20.1. The molecule has 2 aromatic carbocycles. The lowest BCUT2D eigenvalue weighted by Gasteiger charge is -2.16. The van der Waals surface area contributed by atoms with E-state index in [1.54, 1.807) is 11.8 Å². The lowest BCUT2D eigenvalue weighted by atomic mass is 10.1. The van der Waals surface area contributed by atoms with E-state index >= 15 is 0 Å². The van der Waals surface area contributed by atoms with Gasteiger partial charge in [-0.1, -0.05) is 47.1 Å². The molecule has 0 fully saturated rings. The number of hydrogen-bond donors (Lipinski definition) is 0. The molecule has 0 N–H and O–H groups in total. The summed E-state index contributed by atoms with van der Waals surface area (Å²) >= 11 is 13.9. The molecule has 0 aliphatic carbocycles. The molecule has 3 aromatic rings. The average Bonchev–Trinajstić information content (AvgIpc) is 2.98. The highest BCUT2D eigenvalue weighted by molar-refractivity contribution is 7.98. The van der Waals surface area contributed by atoms with Gasteiger partial charge in [0.05, 0.1) is 0 Å².